The van der Waals surface area contributed by atoms with Crippen LogP contribution in [-0.4, -0.2) is 71.3 Å². The number of anilines is 3. The zero-order valence-electron chi connectivity index (χ0n) is 25.8. The fourth-order valence-electron chi connectivity index (χ4n) is 4.47. The number of thiazole rings is 1. The summed E-state index contributed by atoms with van der Waals surface area (Å²) in [6.07, 6.45) is 0.269. The number of nitrogens with one attached hydrogen (secondary N) is 3. The van der Waals surface area contributed by atoms with Crippen LogP contribution in [0.1, 0.15) is 69.4 Å². The maximum Gasteiger partial charge on any atom is 0.410 e. The summed E-state index contributed by atoms with van der Waals surface area (Å²) in [7, 11) is 0. The van der Waals surface area contributed by atoms with E-state index < -0.39 is 29.6 Å². The molecule has 0 spiro atoms. The van der Waals surface area contributed by atoms with Gasteiger partial charge in [-0.05, 0) is 84.2 Å². The quantitative estimate of drug-likeness (QED) is 0.175. The molecule has 5 N–H and O–H groups in total. The van der Waals surface area contributed by atoms with Gasteiger partial charge in [0.1, 0.15) is 4.88 Å². The van der Waals surface area contributed by atoms with Gasteiger partial charge in [-0.25, -0.2) is 14.6 Å². The van der Waals surface area contributed by atoms with Crippen LogP contribution >= 0.6 is 11.3 Å². The molecule has 1 aromatic carbocycles. The molecular formula is C30H39N7O6S. The van der Waals surface area contributed by atoms with E-state index in [0.29, 0.717) is 39.9 Å². The van der Waals surface area contributed by atoms with E-state index in [1.807, 2.05) is 12.1 Å². The summed E-state index contributed by atoms with van der Waals surface area (Å²) in [6.45, 7) is 11.5. The number of hydrogen-bond donors (Lipinski definition) is 5. The van der Waals surface area contributed by atoms with Gasteiger partial charge in [0, 0.05) is 29.9 Å². The highest BCUT2D eigenvalue weighted by Crippen LogP contribution is 2.29. The maximum atomic E-state index is 13.1. The number of nitrogens with zero attached hydrogens (tertiary/aromatic N) is 4. The van der Waals surface area contributed by atoms with Crippen molar-refractivity contribution in [2.45, 2.75) is 78.7 Å². The molecule has 0 bridgehead atoms. The highest BCUT2D eigenvalue weighted by atomic mass is 32.1. The van der Waals surface area contributed by atoms with Gasteiger partial charge >= 0.3 is 12.2 Å². The van der Waals surface area contributed by atoms with Crippen LogP contribution in [0.5, 0.6) is 0 Å². The first-order valence-electron chi connectivity index (χ1n) is 13.9. The Kier molecular flexibility index (Phi) is 10.5. The minimum absolute atomic E-state index is 0.299. The van der Waals surface area contributed by atoms with Crippen molar-refractivity contribution in [3.8, 4) is 0 Å². The third-order valence-corrected chi connectivity index (χ3v) is 7.36. The van der Waals surface area contributed by atoms with E-state index in [1.54, 1.807) is 72.0 Å². The second kappa shape index (κ2) is 13.7. The summed E-state index contributed by atoms with van der Waals surface area (Å²) >= 11 is 1.08. The smallest absolute Gasteiger partial charge is 0.410 e. The fraction of sp³-hybridized carbons (Fsp3) is 0.400. The molecule has 0 fully saturated rings. The molecule has 14 heteroatoms. The number of benzene rings is 1. The Hall–Kier alpha value is -4.72. The van der Waals surface area contributed by atoms with Crippen molar-refractivity contribution >= 4 is 51.8 Å². The largest absolute Gasteiger partial charge is 0.465 e. The van der Waals surface area contributed by atoms with Crippen molar-refractivity contribution in [3.63, 3.8) is 0 Å². The highest BCUT2D eigenvalue weighted by molar-refractivity contribution is 7.17. The number of aromatic nitrogens is 2. The lowest BCUT2D eigenvalue weighted by molar-refractivity contribution is -0.114. The highest BCUT2D eigenvalue weighted by Gasteiger charge is 2.43. The second-order valence-corrected chi connectivity index (χ2v) is 13.0. The predicted octanol–water partition coefficient (Wildman–Crippen LogP) is 5.79. The molecule has 44 heavy (non-hydrogen) atoms. The van der Waals surface area contributed by atoms with E-state index in [4.69, 9.17) is 0 Å². The Morgan fingerprint density at radius 1 is 0.864 bits per heavy atom. The van der Waals surface area contributed by atoms with Crippen molar-refractivity contribution in [2.24, 2.45) is 0 Å². The molecule has 0 aliphatic carbocycles. The summed E-state index contributed by atoms with van der Waals surface area (Å²) in [6, 6.07) is 10.6. The molecule has 3 aromatic rings. The van der Waals surface area contributed by atoms with Crippen LogP contribution in [0.3, 0.4) is 0 Å². The van der Waals surface area contributed by atoms with Crippen LogP contribution in [-0.2, 0) is 17.6 Å². The second-order valence-electron chi connectivity index (χ2n) is 12.0. The molecule has 236 valence electrons. The number of pyridine rings is 1. The van der Waals surface area contributed by atoms with Crippen molar-refractivity contribution in [3.05, 3.63) is 64.9 Å². The summed E-state index contributed by atoms with van der Waals surface area (Å²) in [5, 5.41) is 29.0. The monoisotopic (exact) mass is 625 g/mol. The minimum atomic E-state index is -1.27. The van der Waals surface area contributed by atoms with Crippen LogP contribution < -0.4 is 16.0 Å². The van der Waals surface area contributed by atoms with Crippen molar-refractivity contribution in [1.82, 2.24) is 19.8 Å². The average molecular weight is 626 g/mol. The topological polar surface area (TPSA) is 177 Å². The van der Waals surface area contributed by atoms with E-state index >= 15 is 0 Å². The van der Waals surface area contributed by atoms with E-state index in [2.05, 4.69) is 25.9 Å². The summed E-state index contributed by atoms with van der Waals surface area (Å²) in [4.78, 5) is 60.4. The summed E-state index contributed by atoms with van der Waals surface area (Å²) in [5.41, 5.74) is 0.617. The van der Waals surface area contributed by atoms with Crippen molar-refractivity contribution in [2.75, 3.05) is 16.0 Å². The van der Waals surface area contributed by atoms with Gasteiger partial charge in [0.15, 0.2) is 11.4 Å². The van der Waals surface area contributed by atoms with Crippen molar-refractivity contribution < 1.29 is 29.4 Å². The molecule has 0 saturated heterocycles. The van der Waals surface area contributed by atoms with Crippen LogP contribution in [0.2, 0.25) is 0 Å². The Morgan fingerprint density at radius 3 is 1.93 bits per heavy atom. The summed E-state index contributed by atoms with van der Waals surface area (Å²) < 4.78 is 0. The number of carbonyl (C=O) groups excluding carboxylic acids is 2. The summed E-state index contributed by atoms with van der Waals surface area (Å²) in [5.74, 6) is -0.664. The molecule has 0 aliphatic heterocycles. The standard InChI is InChI=1S/C30H39N7O6S/c1-18(38)32-25-35-22(23(44-25)24(39)33-21-9-8-16-31-17-21)15-12-19-10-13-20(14-11-19)34-26(36(27(40)41)29(2,3)4)37(28(42)43)30(5,6)7/h8-11,13-14,16-17,26,34H,12,15H2,1-7H3,(H,33,39)(H,40,41)(H,42,43)(H,32,35,38). The van der Waals surface area contributed by atoms with Gasteiger partial charge in [-0.15, -0.1) is 0 Å². The van der Waals surface area contributed by atoms with E-state index in [9.17, 15) is 29.4 Å². The van der Waals surface area contributed by atoms with Gasteiger partial charge in [-0.2, -0.15) is 0 Å². The number of hydrogen-bond acceptors (Lipinski definition) is 8. The van der Waals surface area contributed by atoms with Gasteiger partial charge in [0.2, 0.25) is 5.91 Å². The Labute approximate surface area is 260 Å². The fourth-order valence-corrected chi connectivity index (χ4v) is 5.42. The van der Waals surface area contributed by atoms with E-state index in [0.717, 1.165) is 26.7 Å². The lowest BCUT2D eigenvalue weighted by Gasteiger charge is -2.48. The Balaban J connectivity index is 1.83. The molecule has 2 aromatic heterocycles. The molecule has 0 radical (unpaired) electrons. The average Bonchev–Trinajstić information content (AvgIpc) is 3.28. The van der Waals surface area contributed by atoms with Gasteiger partial charge in [0.25, 0.3) is 5.91 Å². The number of rotatable bonds is 10. The van der Waals surface area contributed by atoms with Crippen LogP contribution in [0.25, 0.3) is 0 Å². The molecular weight excluding hydrogens is 586 g/mol. The molecule has 13 nitrogen and oxygen atoms in total. The Morgan fingerprint density at radius 2 is 1.45 bits per heavy atom. The van der Waals surface area contributed by atoms with Gasteiger partial charge < -0.3 is 26.2 Å². The molecule has 0 saturated carbocycles. The first kappa shape index (κ1) is 33.8. The number of amides is 4. The first-order chi connectivity index (χ1) is 20.5. The van der Waals surface area contributed by atoms with Crippen LogP contribution in [0.15, 0.2) is 48.8 Å². The lowest BCUT2D eigenvalue weighted by Crippen LogP contribution is -2.66. The van der Waals surface area contributed by atoms with Gasteiger partial charge in [-0.1, -0.05) is 23.5 Å². The van der Waals surface area contributed by atoms with Crippen LogP contribution in [0.4, 0.5) is 26.1 Å². The molecule has 2 heterocycles. The number of carboxylic acid groups (broad SMARTS) is 2. The third kappa shape index (κ3) is 8.89. The zero-order valence-corrected chi connectivity index (χ0v) is 26.7. The Bertz CT molecular complexity index is 1450. The molecule has 0 atom stereocenters. The van der Waals surface area contributed by atoms with Gasteiger partial charge in [0.05, 0.1) is 17.6 Å². The SMILES string of the molecule is CC(=O)Nc1nc(CCc2ccc(NC(N(C(=O)O)C(C)(C)C)N(C(=O)O)C(C)(C)C)cc2)c(C(=O)Nc2cccnc2)s1. The lowest BCUT2D eigenvalue weighted by atomic mass is 10.0. The molecule has 0 aliphatic rings. The number of aryl methyl sites for hydroxylation is 2. The van der Waals surface area contributed by atoms with E-state index in [1.165, 1.54) is 13.1 Å². The normalized spacial score (nSPS) is 11.5. The van der Waals surface area contributed by atoms with E-state index in [-0.39, 0.29) is 11.8 Å². The van der Waals surface area contributed by atoms with Crippen molar-refractivity contribution in [1.29, 1.82) is 0 Å². The zero-order chi connectivity index (χ0) is 32.8. The molecule has 0 unspecified atom stereocenters. The van der Waals surface area contributed by atoms with Crippen LogP contribution in [0, 0.1) is 0 Å². The molecule has 3 rings (SSSR count). The maximum absolute atomic E-state index is 13.1. The first-order valence-corrected chi connectivity index (χ1v) is 14.7. The number of carbonyl (C=O) groups is 4. The third-order valence-electron chi connectivity index (χ3n) is 6.35. The van der Waals surface area contributed by atoms with Gasteiger partial charge in [-0.3, -0.25) is 24.4 Å². The molecule has 4 amide bonds. The minimum Gasteiger partial charge on any atom is -0.465 e. The predicted molar refractivity (Wildman–Crippen MR) is 169 cm³/mol.